The number of benzene rings is 1. The van der Waals surface area contributed by atoms with Crippen molar-refractivity contribution in [2.45, 2.75) is 57.7 Å². The van der Waals surface area contributed by atoms with E-state index in [9.17, 15) is 4.79 Å². The highest BCUT2D eigenvalue weighted by Crippen LogP contribution is 2.23. The van der Waals surface area contributed by atoms with Crippen LogP contribution in [0.3, 0.4) is 0 Å². The lowest BCUT2D eigenvalue weighted by atomic mass is 10.1. The Morgan fingerprint density at radius 2 is 2.07 bits per heavy atom. The van der Waals surface area contributed by atoms with Crippen LogP contribution in [0.25, 0.3) is 0 Å². The van der Waals surface area contributed by atoms with Crippen molar-refractivity contribution in [1.82, 2.24) is 19.7 Å². The van der Waals surface area contributed by atoms with Crippen LogP contribution in [-0.4, -0.2) is 51.0 Å². The topological polar surface area (TPSA) is 63.1 Å². The zero-order valence-electron chi connectivity index (χ0n) is 18.2. The molecule has 0 saturated carbocycles. The molecule has 30 heavy (non-hydrogen) atoms. The van der Waals surface area contributed by atoms with Gasteiger partial charge in [0.25, 0.3) is 0 Å². The maximum Gasteiger partial charge on any atom is 0.234 e. The summed E-state index contributed by atoms with van der Waals surface area (Å²) in [6, 6.07) is 6.12. The van der Waals surface area contributed by atoms with Gasteiger partial charge in [0, 0.05) is 25.2 Å². The Kier molecular flexibility index (Phi) is 8.51. The number of para-hydroxylation sites is 1. The highest BCUT2D eigenvalue weighted by atomic mass is 32.2. The maximum atomic E-state index is 12.6. The number of nitrogens with zero attached hydrogens (tertiary/aromatic N) is 4. The standard InChI is InChI=1S/C23H33N5OS/c1-4-13-28-20(12-16-27-14-7-6-8-15-27)25-26-23(28)30-17-21(29)24-22-18(3)10-9-11-19(22)5-2/h4,9-11H,1,5-8,12-17H2,2-3H3,(H,24,29). The number of amides is 1. The number of aromatic nitrogens is 3. The zero-order valence-corrected chi connectivity index (χ0v) is 19.0. The Balaban J connectivity index is 1.60. The smallest absolute Gasteiger partial charge is 0.234 e. The number of hydrogen-bond donors (Lipinski definition) is 1. The van der Waals surface area contributed by atoms with Crippen LogP contribution in [0.15, 0.2) is 36.0 Å². The van der Waals surface area contributed by atoms with E-state index in [4.69, 9.17) is 0 Å². The van der Waals surface area contributed by atoms with Gasteiger partial charge in [-0.1, -0.05) is 49.4 Å². The van der Waals surface area contributed by atoms with Gasteiger partial charge in [0.2, 0.25) is 5.91 Å². The first-order valence-electron chi connectivity index (χ1n) is 10.9. The minimum absolute atomic E-state index is 0.0213. The normalized spacial score (nSPS) is 14.6. The number of carbonyl (C=O) groups is 1. The van der Waals surface area contributed by atoms with Gasteiger partial charge >= 0.3 is 0 Å². The van der Waals surface area contributed by atoms with Crippen LogP contribution in [-0.2, 0) is 24.2 Å². The highest BCUT2D eigenvalue weighted by Gasteiger charge is 2.16. The van der Waals surface area contributed by atoms with Gasteiger partial charge in [0.15, 0.2) is 5.16 Å². The molecular weight excluding hydrogens is 394 g/mol. The molecule has 1 aliphatic heterocycles. The van der Waals surface area contributed by atoms with E-state index in [0.29, 0.717) is 12.3 Å². The fraction of sp³-hybridized carbons (Fsp3) is 0.522. The largest absolute Gasteiger partial charge is 0.325 e. The van der Waals surface area contributed by atoms with Crippen LogP contribution < -0.4 is 5.32 Å². The average molecular weight is 428 g/mol. The first-order chi connectivity index (χ1) is 14.6. The van der Waals surface area contributed by atoms with Gasteiger partial charge in [-0.25, -0.2) is 0 Å². The molecule has 1 aromatic carbocycles. The van der Waals surface area contributed by atoms with Crippen molar-refractivity contribution in [2.75, 3.05) is 30.7 Å². The molecule has 0 unspecified atom stereocenters. The third-order valence-electron chi connectivity index (χ3n) is 5.54. The molecule has 1 aromatic heterocycles. The number of aryl methyl sites for hydroxylation is 2. The molecule has 0 spiro atoms. The summed E-state index contributed by atoms with van der Waals surface area (Å²) < 4.78 is 2.08. The lowest BCUT2D eigenvalue weighted by Crippen LogP contribution is -2.32. The summed E-state index contributed by atoms with van der Waals surface area (Å²) in [7, 11) is 0. The van der Waals surface area contributed by atoms with Crippen molar-refractivity contribution in [2.24, 2.45) is 0 Å². The van der Waals surface area contributed by atoms with Crippen LogP contribution in [0, 0.1) is 6.92 Å². The van der Waals surface area contributed by atoms with Crippen molar-refractivity contribution >= 4 is 23.4 Å². The number of carbonyl (C=O) groups excluding carboxylic acids is 1. The number of rotatable bonds is 10. The van der Waals surface area contributed by atoms with Crippen molar-refractivity contribution < 1.29 is 4.79 Å². The first kappa shape index (κ1) is 22.6. The molecule has 0 bridgehead atoms. The van der Waals surface area contributed by atoms with E-state index in [1.165, 1.54) is 44.1 Å². The fourth-order valence-electron chi connectivity index (χ4n) is 3.87. The third kappa shape index (κ3) is 5.95. The maximum absolute atomic E-state index is 12.6. The van der Waals surface area contributed by atoms with E-state index >= 15 is 0 Å². The summed E-state index contributed by atoms with van der Waals surface area (Å²) in [6.45, 7) is 12.0. The highest BCUT2D eigenvalue weighted by molar-refractivity contribution is 7.99. The molecule has 1 saturated heterocycles. The van der Waals surface area contributed by atoms with Gasteiger partial charge in [-0.05, 0) is 50.4 Å². The quantitative estimate of drug-likeness (QED) is 0.457. The monoisotopic (exact) mass is 427 g/mol. The Morgan fingerprint density at radius 1 is 1.27 bits per heavy atom. The lowest BCUT2D eigenvalue weighted by Gasteiger charge is -2.26. The molecule has 6 nitrogen and oxygen atoms in total. The molecule has 0 aliphatic carbocycles. The molecule has 162 valence electrons. The van der Waals surface area contributed by atoms with E-state index < -0.39 is 0 Å². The molecule has 1 aliphatic rings. The minimum Gasteiger partial charge on any atom is -0.325 e. The van der Waals surface area contributed by atoms with E-state index in [0.717, 1.165) is 47.2 Å². The van der Waals surface area contributed by atoms with Gasteiger partial charge in [0.05, 0.1) is 5.75 Å². The Hall–Kier alpha value is -2.12. The van der Waals surface area contributed by atoms with E-state index in [-0.39, 0.29) is 5.91 Å². The number of allylic oxidation sites excluding steroid dienone is 1. The van der Waals surface area contributed by atoms with Crippen LogP contribution >= 0.6 is 11.8 Å². The average Bonchev–Trinajstić information content (AvgIpc) is 3.15. The molecule has 2 heterocycles. The van der Waals surface area contributed by atoms with Gasteiger partial charge in [-0.15, -0.1) is 16.8 Å². The summed E-state index contributed by atoms with van der Waals surface area (Å²) in [5, 5.41) is 12.6. The number of thioether (sulfide) groups is 1. The summed E-state index contributed by atoms with van der Waals surface area (Å²) >= 11 is 1.43. The summed E-state index contributed by atoms with van der Waals surface area (Å²) in [6.07, 6.45) is 7.54. The van der Waals surface area contributed by atoms with Crippen LogP contribution in [0.2, 0.25) is 0 Å². The third-order valence-corrected chi connectivity index (χ3v) is 6.51. The van der Waals surface area contributed by atoms with Crippen molar-refractivity contribution in [1.29, 1.82) is 0 Å². The second kappa shape index (κ2) is 11.3. The van der Waals surface area contributed by atoms with Crippen molar-refractivity contribution in [3.63, 3.8) is 0 Å². The molecule has 0 atom stereocenters. The van der Waals surface area contributed by atoms with Crippen LogP contribution in [0.1, 0.15) is 43.1 Å². The Labute approximate surface area is 184 Å². The van der Waals surface area contributed by atoms with Crippen molar-refractivity contribution in [3.8, 4) is 0 Å². The first-order valence-corrected chi connectivity index (χ1v) is 11.9. The minimum atomic E-state index is -0.0213. The summed E-state index contributed by atoms with van der Waals surface area (Å²) in [5.74, 6) is 1.25. The molecule has 7 heteroatoms. The fourth-order valence-corrected chi connectivity index (χ4v) is 4.64. The number of piperidine rings is 1. The summed E-state index contributed by atoms with van der Waals surface area (Å²) in [5.41, 5.74) is 3.17. The SMILES string of the molecule is C=CCn1c(CCN2CCCCC2)nnc1SCC(=O)Nc1c(C)cccc1CC. The summed E-state index contributed by atoms with van der Waals surface area (Å²) in [4.78, 5) is 15.1. The number of likely N-dealkylation sites (tertiary alicyclic amines) is 1. The van der Waals surface area contributed by atoms with Crippen LogP contribution in [0.5, 0.6) is 0 Å². The number of anilines is 1. The van der Waals surface area contributed by atoms with E-state index in [2.05, 4.69) is 44.6 Å². The zero-order chi connectivity index (χ0) is 21.3. The van der Waals surface area contributed by atoms with Crippen molar-refractivity contribution in [3.05, 3.63) is 47.8 Å². The molecule has 1 amide bonds. The number of nitrogens with one attached hydrogen (secondary N) is 1. The van der Waals surface area contributed by atoms with Gasteiger partial charge in [0.1, 0.15) is 5.82 Å². The molecule has 2 aromatic rings. The number of hydrogen-bond acceptors (Lipinski definition) is 5. The van der Waals surface area contributed by atoms with E-state index in [1.54, 1.807) is 0 Å². The molecule has 3 rings (SSSR count). The lowest BCUT2D eigenvalue weighted by molar-refractivity contribution is -0.113. The Bertz CT molecular complexity index is 857. The van der Waals surface area contributed by atoms with Crippen LogP contribution in [0.4, 0.5) is 5.69 Å². The molecule has 0 radical (unpaired) electrons. The second-order valence-electron chi connectivity index (χ2n) is 7.75. The predicted molar refractivity (Wildman–Crippen MR) is 124 cm³/mol. The van der Waals surface area contributed by atoms with E-state index in [1.807, 2.05) is 25.1 Å². The molecular formula is C23H33N5OS. The van der Waals surface area contributed by atoms with Gasteiger partial charge in [-0.2, -0.15) is 0 Å². The predicted octanol–water partition coefficient (Wildman–Crippen LogP) is 4.09. The molecule has 1 fully saturated rings. The van der Waals surface area contributed by atoms with Gasteiger partial charge < -0.3 is 14.8 Å². The Morgan fingerprint density at radius 3 is 2.80 bits per heavy atom. The molecule has 1 N–H and O–H groups in total. The van der Waals surface area contributed by atoms with Gasteiger partial charge in [-0.3, -0.25) is 4.79 Å². The second-order valence-corrected chi connectivity index (χ2v) is 8.69.